The second-order valence-electron chi connectivity index (χ2n) is 8.77. The Kier molecular flexibility index (Phi) is 6.34. The van der Waals surface area contributed by atoms with E-state index < -0.39 is 6.04 Å². The van der Waals surface area contributed by atoms with E-state index in [1.807, 2.05) is 18.7 Å². The summed E-state index contributed by atoms with van der Waals surface area (Å²) in [6, 6.07) is 4.38. The van der Waals surface area contributed by atoms with Crippen molar-refractivity contribution in [3.63, 3.8) is 0 Å². The lowest BCUT2D eigenvalue weighted by Gasteiger charge is -2.36. The third-order valence-corrected chi connectivity index (χ3v) is 6.45. The van der Waals surface area contributed by atoms with Crippen LogP contribution in [0.2, 0.25) is 0 Å². The number of carbonyl (C=O) groups excluding carboxylic acids is 3. The van der Waals surface area contributed by atoms with Gasteiger partial charge in [-0.25, -0.2) is 0 Å². The van der Waals surface area contributed by atoms with E-state index in [0.717, 1.165) is 19.3 Å². The molecular formula is C23H31N3O5. The van der Waals surface area contributed by atoms with Crippen molar-refractivity contribution in [2.45, 2.75) is 58.0 Å². The van der Waals surface area contributed by atoms with Crippen LogP contribution in [0.3, 0.4) is 0 Å². The van der Waals surface area contributed by atoms with Crippen LogP contribution >= 0.6 is 0 Å². The molecule has 8 nitrogen and oxygen atoms in total. The lowest BCUT2D eigenvalue weighted by atomic mass is 9.88. The van der Waals surface area contributed by atoms with Crippen molar-refractivity contribution in [3.8, 4) is 11.5 Å². The maximum absolute atomic E-state index is 13.0. The fraction of sp³-hybridized carbons (Fsp3) is 0.609. The van der Waals surface area contributed by atoms with Crippen LogP contribution < -0.4 is 20.1 Å². The summed E-state index contributed by atoms with van der Waals surface area (Å²) in [5, 5.41) is 5.96. The van der Waals surface area contributed by atoms with Crippen molar-refractivity contribution in [2.75, 3.05) is 19.9 Å². The molecule has 1 aromatic rings. The number of piperidine rings is 1. The van der Waals surface area contributed by atoms with Crippen molar-refractivity contribution >= 4 is 17.7 Å². The number of nitrogens with one attached hydrogen (secondary N) is 2. The van der Waals surface area contributed by atoms with E-state index in [-0.39, 0.29) is 42.4 Å². The Morgan fingerprint density at radius 1 is 1.06 bits per heavy atom. The Bertz CT molecular complexity index is 846. The minimum atomic E-state index is -0.648. The van der Waals surface area contributed by atoms with Crippen molar-refractivity contribution < 1.29 is 23.9 Å². The third-order valence-electron chi connectivity index (χ3n) is 6.45. The molecule has 2 heterocycles. The second kappa shape index (κ2) is 9.16. The first-order chi connectivity index (χ1) is 15.0. The van der Waals surface area contributed by atoms with Crippen LogP contribution in [0.25, 0.3) is 0 Å². The Labute approximate surface area is 182 Å². The van der Waals surface area contributed by atoms with Gasteiger partial charge in [-0.2, -0.15) is 0 Å². The van der Waals surface area contributed by atoms with Crippen molar-refractivity contribution in [2.24, 2.45) is 11.8 Å². The van der Waals surface area contributed by atoms with Crippen molar-refractivity contribution in [3.05, 3.63) is 23.8 Å². The number of hydrogen-bond acceptors (Lipinski definition) is 5. The largest absolute Gasteiger partial charge is 0.454 e. The molecule has 3 aliphatic rings. The molecule has 4 rings (SSSR count). The predicted octanol–water partition coefficient (Wildman–Crippen LogP) is 2.08. The highest BCUT2D eigenvalue weighted by Gasteiger charge is 2.38. The molecule has 1 saturated heterocycles. The minimum absolute atomic E-state index is 0.0222. The lowest BCUT2D eigenvalue weighted by molar-refractivity contribution is -0.134. The van der Waals surface area contributed by atoms with Crippen LogP contribution in [0.5, 0.6) is 11.5 Å². The molecule has 0 spiro atoms. The van der Waals surface area contributed by atoms with Gasteiger partial charge >= 0.3 is 0 Å². The van der Waals surface area contributed by atoms with Gasteiger partial charge < -0.3 is 25.0 Å². The molecule has 2 atom stereocenters. The van der Waals surface area contributed by atoms with Gasteiger partial charge in [0.1, 0.15) is 6.04 Å². The van der Waals surface area contributed by atoms with Crippen LogP contribution in [0.1, 0.15) is 56.3 Å². The maximum atomic E-state index is 13.0. The number of fused-ring (bicyclic) bond motifs is 1. The Hall–Kier alpha value is -2.77. The summed E-state index contributed by atoms with van der Waals surface area (Å²) in [6.07, 6.45) is 4.18. The SMILES string of the molecule is CC[C@@H](C)NC(=O)[C@@H](NC(=O)c1ccc2c(c1)OCO2)C1CCN(C(=O)C2CC2)CC1. The van der Waals surface area contributed by atoms with Gasteiger partial charge in [-0.3, -0.25) is 14.4 Å². The topological polar surface area (TPSA) is 97.0 Å². The summed E-state index contributed by atoms with van der Waals surface area (Å²) in [5.74, 6) is 1.06. The fourth-order valence-corrected chi connectivity index (χ4v) is 4.14. The smallest absolute Gasteiger partial charge is 0.252 e. The zero-order chi connectivity index (χ0) is 22.0. The molecule has 168 valence electrons. The molecule has 1 aliphatic carbocycles. The number of amides is 3. The molecular weight excluding hydrogens is 398 g/mol. The standard InChI is InChI=1S/C23H31N3O5/c1-3-14(2)24-22(28)20(15-8-10-26(11-9-15)23(29)16-4-5-16)25-21(27)17-6-7-18-19(12-17)31-13-30-18/h6-7,12,14-16,20H,3-5,8-11,13H2,1-2H3,(H,24,28)(H,25,27)/t14-,20+/m1/s1. The van der Waals surface area contributed by atoms with Crippen LogP contribution in [-0.2, 0) is 9.59 Å². The number of ether oxygens (including phenoxy) is 2. The first kappa shape index (κ1) is 21.5. The van der Waals surface area contributed by atoms with E-state index in [0.29, 0.717) is 43.0 Å². The molecule has 3 amide bonds. The highest BCUT2D eigenvalue weighted by atomic mass is 16.7. The van der Waals surface area contributed by atoms with Crippen molar-refractivity contribution in [1.82, 2.24) is 15.5 Å². The van der Waals surface area contributed by atoms with E-state index in [4.69, 9.17) is 9.47 Å². The van der Waals surface area contributed by atoms with Gasteiger partial charge in [0.2, 0.25) is 18.6 Å². The molecule has 1 saturated carbocycles. The zero-order valence-electron chi connectivity index (χ0n) is 18.2. The van der Waals surface area contributed by atoms with E-state index >= 15 is 0 Å². The van der Waals surface area contributed by atoms with Crippen LogP contribution in [0.4, 0.5) is 0 Å². The Morgan fingerprint density at radius 3 is 2.45 bits per heavy atom. The summed E-state index contributed by atoms with van der Waals surface area (Å²) in [5.41, 5.74) is 0.423. The van der Waals surface area contributed by atoms with Gasteiger partial charge in [0.25, 0.3) is 5.91 Å². The molecule has 8 heteroatoms. The first-order valence-corrected chi connectivity index (χ1v) is 11.3. The van der Waals surface area contributed by atoms with E-state index in [9.17, 15) is 14.4 Å². The third kappa shape index (κ3) is 4.94. The maximum Gasteiger partial charge on any atom is 0.252 e. The highest BCUT2D eigenvalue weighted by molar-refractivity contribution is 5.98. The summed E-state index contributed by atoms with van der Waals surface area (Å²) in [7, 11) is 0. The number of likely N-dealkylation sites (tertiary alicyclic amines) is 1. The normalized spacial score (nSPS) is 20.1. The predicted molar refractivity (Wildman–Crippen MR) is 114 cm³/mol. The van der Waals surface area contributed by atoms with E-state index in [2.05, 4.69) is 10.6 Å². The number of rotatable bonds is 7. The number of nitrogens with zero attached hydrogens (tertiary/aromatic N) is 1. The fourth-order valence-electron chi connectivity index (χ4n) is 4.14. The molecule has 2 aliphatic heterocycles. The van der Waals surface area contributed by atoms with Gasteiger partial charge in [-0.1, -0.05) is 6.92 Å². The number of hydrogen-bond donors (Lipinski definition) is 2. The number of benzene rings is 1. The minimum Gasteiger partial charge on any atom is -0.454 e. The monoisotopic (exact) mass is 429 g/mol. The zero-order valence-corrected chi connectivity index (χ0v) is 18.2. The highest BCUT2D eigenvalue weighted by Crippen LogP contribution is 2.34. The number of carbonyl (C=O) groups is 3. The second-order valence-corrected chi connectivity index (χ2v) is 8.77. The van der Waals surface area contributed by atoms with Gasteiger partial charge in [0.15, 0.2) is 11.5 Å². The summed E-state index contributed by atoms with van der Waals surface area (Å²) < 4.78 is 10.7. The Balaban J connectivity index is 1.44. The summed E-state index contributed by atoms with van der Waals surface area (Å²) in [4.78, 5) is 40.3. The molecule has 0 aromatic heterocycles. The van der Waals surface area contributed by atoms with Gasteiger partial charge in [-0.05, 0) is 63.1 Å². The summed E-state index contributed by atoms with van der Waals surface area (Å²) in [6.45, 7) is 5.36. The lowest BCUT2D eigenvalue weighted by Crippen LogP contribution is -2.55. The molecule has 1 aromatic carbocycles. The van der Waals surface area contributed by atoms with Gasteiger partial charge in [0.05, 0.1) is 0 Å². The van der Waals surface area contributed by atoms with Gasteiger partial charge in [-0.15, -0.1) is 0 Å². The first-order valence-electron chi connectivity index (χ1n) is 11.3. The molecule has 2 N–H and O–H groups in total. The van der Waals surface area contributed by atoms with Crippen molar-refractivity contribution in [1.29, 1.82) is 0 Å². The molecule has 0 radical (unpaired) electrons. The van der Waals surface area contributed by atoms with E-state index in [1.54, 1.807) is 18.2 Å². The van der Waals surface area contributed by atoms with Crippen LogP contribution in [0, 0.1) is 11.8 Å². The average molecular weight is 430 g/mol. The van der Waals surface area contributed by atoms with E-state index in [1.165, 1.54) is 0 Å². The average Bonchev–Trinajstić information content (AvgIpc) is 3.53. The van der Waals surface area contributed by atoms with Gasteiger partial charge in [0, 0.05) is 30.6 Å². The van der Waals surface area contributed by atoms with Crippen LogP contribution in [-0.4, -0.2) is 54.6 Å². The molecule has 31 heavy (non-hydrogen) atoms. The molecule has 2 fully saturated rings. The summed E-state index contributed by atoms with van der Waals surface area (Å²) >= 11 is 0. The quantitative estimate of drug-likeness (QED) is 0.692. The van der Waals surface area contributed by atoms with Crippen LogP contribution in [0.15, 0.2) is 18.2 Å². The molecule has 0 unspecified atom stereocenters. The molecule has 0 bridgehead atoms. The Morgan fingerprint density at radius 2 is 1.77 bits per heavy atom.